The molecule has 0 radical (unpaired) electrons. The number of likely N-dealkylation sites (N-methyl/N-ethyl adjacent to an activating group) is 1. The Morgan fingerprint density at radius 3 is 2.35 bits per heavy atom. The number of anilines is 1. The number of benzene rings is 1. The summed E-state index contributed by atoms with van der Waals surface area (Å²) in [5.74, 6) is -1.66. The summed E-state index contributed by atoms with van der Waals surface area (Å²) in [5, 5.41) is 27.6. The van der Waals surface area contributed by atoms with Crippen molar-refractivity contribution >= 4 is 40.1 Å². The van der Waals surface area contributed by atoms with Crippen molar-refractivity contribution in [2.75, 3.05) is 52.2 Å². The second-order valence-electron chi connectivity index (χ2n) is 15.5. The molecule has 2 heterocycles. The summed E-state index contributed by atoms with van der Waals surface area (Å²) in [6.07, 6.45) is 4.09. The average Bonchev–Trinajstić information content (AvgIpc) is 3.59. The molecule has 5 atom stereocenters. The van der Waals surface area contributed by atoms with Crippen LogP contribution in [0.1, 0.15) is 95.9 Å². The first-order chi connectivity index (χ1) is 25.8. The maximum absolute atomic E-state index is 14.4. The van der Waals surface area contributed by atoms with E-state index in [0.717, 1.165) is 37.7 Å². The molecule has 2 aliphatic rings. The third kappa shape index (κ3) is 13.3. The number of aromatic nitrogens is 1. The minimum Gasteiger partial charge on any atom is -0.390 e. The molecular formula is C40H62N6O7S. The Morgan fingerprint density at radius 1 is 1.04 bits per heavy atom. The predicted molar refractivity (Wildman–Crippen MR) is 209 cm³/mol. The van der Waals surface area contributed by atoms with Crippen LogP contribution in [0.15, 0.2) is 35.7 Å². The molecule has 1 aliphatic heterocycles. The van der Waals surface area contributed by atoms with Crippen molar-refractivity contribution in [2.45, 2.75) is 109 Å². The highest BCUT2D eigenvalue weighted by atomic mass is 32.1. The third-order valence-corrected chi connectivity index (χ3v) is 11.5. The van der Waals surface area contributed by atoms with Gasteiger partial charge < -0.3 is 40.7 Å². The van der Waals surface area contributed by atoms with E-state index in [1.807, 2.05) is 51.1 Å². The number of amides is 4. The molecule has 54 heavy (non-hydrogen) atoms. The quantitative estimate of drug-likeness (QED) is 0.166. The molecule has 1 saturated carbocycles. The van der Waals surface area contributed by atoms with Gasteiger partial charge in [0.05, 0.1) is 43.0 Å². The third-order valence-electron chi connectivity index (χ3n) is 10.8. The summed E-state index contributed by atoms with van der Waals surface area (Å²) in [5.41, 5.74) is 7.34. The van der Waals surface area contributed by atoms with Crippen molar-refractivity contribution in [3.63, 3.8) is 0 Å². The molecule has 5 N–H and O–H groups in total. The smallest absolute Gasteiger partial charge is 0.241 e. The fourth-order valence-electron chi connectivity index (χ4n) is 7.49. The van der Waals surface area contributed by atoms with Gasteiger partial charge >= 0.3 is 0 Å². The molecule has 14 heteroatoms. The van der Waals surface area contributed by atoms with Gasteiger partial charge in [0.25, 0.3) is 0 Å². The van der Waals surface area contributed by atoms with Crippen LogP contribution in [0.5, 0.6) is 0 Å². The van der Waals surface area contributed by atoms with Crippen molar-refractivity contribution in [1.29, 1.82) is 0 Å². The Labute approximate surface area is 324 Å². The second-order valence-corrected chi connectivity index (χ2v) is 16.4. The highest BCUT2D eigenvalue weighted by Gasteiger charge is 2.35. The van der Waals surface area contributed by atoms with Gasteiger partial charge in [-0.25, -0.2) is 4.98 Å². The van der Waals surface area contributed by atoms with Gasteiger partial charge in [-0.3, -0.25) is 19.2 Å². The number of nitrogen functional groups attached to an aromatic ring is 1. The van der Waals surface area contributed by atoms with Crippen LogP contribution >= 0.6 is 11.3 Å². The van der Waals surface area contributed by atoms with E-state index in [4.69, 9.17) is 10.5 Å². The molecule has 0 unspecified atom stereocenters. The summed E-state index contributed by atoms with van der Waals surface area (Å²) >= 11 is 1.25. The summed E-state index contributed by atoms with van der Waals surface area (Å²) < 4.78 is 5.35. The highest BCUT2D eigenvalue weighted by molar-refractivity contribution is 7.13. The van der Waals surface area contributed by atoms with Crippen LogP contribution in [-0.4, -0.2) is 118 Å². The number of thiazole rings is 1. The summed E-state index contributed by atoms with van der Waals surface area (Å²) in [7, 11) is 1.62. The molecule has 2 aromatic rings. The lowest BCUT2D eigenvalue weighted by Gasteiger charge is -2.34. The topological polar surface area (TPSA) is 179 Å². The summed E-state index contributed by atoms with van der Waals surface area (Å²) in [6, 6.07) is 8.19. The minimum atomic E-state index is -1.18. The number of carbonyl (C=O) groups is 4. The van der Waals surface area contributed by atoms with Crippen LogP contribution < -0.4 is 11.1 Å². The fourth-order valence-corrected chi connectivity index (χ4v) is 8.06. The number of aliphatic hydroxyl groups excluding tert-OH is 2. The van der Waals surface area contributed by atoms with Crippen LogP contribution in [0.3, 0.4) is 0 Å². The number of hydrogen-bond acceptors (Lipinski definition) is 10. The first kappa shape index (κ1) is 43.1. The number of hydrogen-bond donors (Lipinski definition) is 4. The highest BCUT2D eigenvalue weighted by Crippen LogP contribution is 2.30. The largest absolute Gasteiger partial charge is 0.390 e. The zero-order valence-electron chi connectivity index (χ0n) is 32.5. The first-order valence-corrected chi connectivity index (χ1v) is 20.5. The monoisotopic (exact) mass is 770 g/mol. The summed E-state index contributed by atoms with van der Waals surface area (Å²) in [6.45, 7) is 7.77. The van der Waals surface area contributed by atoms with E-state index in [9.17, 15) is 29.4 Å². The standard InChI is InChI=1S/C40H62N6O7S/c1-27(2)21-34(47)38(51)33(22-29-11-7-5-8-12-29)43-39(52)31(23-32-26-54-40(41)42-32)24-36(49)46(28(3)30-13-9-6-10-14-30)25-37(50)44(4)16-15-35(48)45-17-19-53-20-18-45/h6,9-10,13-14,26-29,31,33-34,38,47,51H,5,7-8,11-12,15-25H2,1-4H3,(H2,41,42)(H,43,52)/t28-,31-,33-,34-,38+/m0/s1. The van der Waals surface area contributed by atoms with Gasteiger partial charge in [-0.15, -0.1) is 11.3 Å². The van der Waals surface area contributed by atoms with E-state index in [-0.39, 0.29) is 50.1 Å². The van der Waals surface area contributed by atoms with Crippen molar-refractivity contribution < 1.29 is 34.1 Å². The zero-order valence-corrected chi connectivity index (χ0v) is 33.3. The van der Waals surface area contributed by atoms with Gasteiger partial charge in [0.15, 0.2) is 5.13 Å². The van der Waals surface area contributed by atoms with Gasteiger partial charge in [-0.2, -0.15) is 0 Å². The van der Waals surface area contributed by atoms with Gasteiger partial charge in [0, 0.05) is 51.3 Å². The Bertz CT molecular complexity index is 1480. The minimum absolute atomic E-state index is 0.0521. The van der Waals surface area contributed by atoms with Crippen LogP contribution in [0.2, 0.25) is 0 Å². The van der Waals surface area contributed by atoms with Crippen molar-refractivity contribution in [2.24, 2.45) is 17.8 Å². The van der Waals surface area contributed by atoms with Gasteiger partial charge in [-0.05, 0) is 37.2 Å². The molecule has 1 aliphatic carbocycles. The van der Waals surface area contributed by atoms with Crippen LogP contribution in [-0.2, 0) is 30.3 Å². The second kappa shape index (κ2) is 21.5. The molecule has 0 bridgehead atoms. The number of carbonyl (C=O) groups excluding carboxylic acids is 4. The van der Waals surface area contributed by atoms with Crippen molar-refractivity contribution in [1.82, 2.24) is 25.0 Å². The first-order valence-electron chi connectivity index (χ1n) is 19.6. The Hall–Kier alpha value is -3.59. The lowest BCUT2D eigenvalue weighted by atomic mass is 9.82. The van der Waals surface area contributed by atoms with Gasteiger partial charge in [0.2, 0.25) is 23.6 Å². The van der Waals surface area contributed by atoms with E-state index in [2.05, 4.69) is 10.3 Å². The van der Waals surface area contributed by atoms with Crippen molar-refractivity contribution in [3.8, 4) is 0 Å². The molecule has 2 fully saturated rings. The number of nitrogens with zero attached hydrogens (tertiary/aromatic N) is 4. The SMILES string of the molecule is CC(C)C[C@H](O)[C@H](O)[C@H](CC1CCCCC1)NC(=O)[C@H](CC(=O)N(CC(=O)N(C)CCC(=O)N1CCOCC1)[C@@H](C)c1ccccc1)Cc1csc(N)n1. The maximum Gasteiger partial charge on any atom is 0.241 e. The molecule has 13 nitrogen and oxygen atoms in total. The van der Waals surface area contributed by atoms with Crippen LogP contribution in [0.4, 0.5) is 5.13 Å². The molecule has 0 spiro atoms. The number of nitrogens with two attached hydrogens (primary N) is 1. The number of aliphatic hydroxyl groups is 2. The number of nitrogens with one attached hydrogen (secondary N) is 1. The molecule has 1 saturated heterocycles. The number of morpholine rings is 1. The lowest BCUT2D eigenvalue weighted by molar-refractivity contribution is -0.144. The van der Waals surface area contributed by atoms with Gasteiger partial charge in [-0.1, -0.05) is 76.3 Å². The summed E-state index contributed by atoms with van der Waals surface area (Å²) in [4.78, 5) is 64.3. The predicted octanol–water partition coefficient (Wildman–Crippen LogP) is 3.79. The van der Waals surface area contributed by atoms with E-state index >= 15 is 0 Å². The Balaban J connectivity index is 1.54. The van der Waals surface area contributed by atoms with E-state index in [1.165, 1.54) is 21.1 Å². The maximum atomic E-state index is 14.4. The molecule has 1 aromatic carbocycles. The Morgan fingerprint density at radius 2 is 1.72 bits per heavy atom. The lowest BCUT2D eigenvalue weighted by Crippen LogP contribution is -2.52. The zero-order chi connectivity index (χ0) is 39.2. The number of ether oxygens (including phenoxy) is 1. The van der Waals surface area contributed by atoms with Crippen LogP contribution in [0.25, 0.3) is 0 Å². The molecular weight excluding hydrogens is 709 g/mol. The molecule has 4 amide bonds. The van der Waals surface area contributed by atoms with Crippen molar-refractivity contribution in [3.05, 3.63) is 47.0 Å². The number of rotatable bonds is 19. The van der Waals surface area contributed by atoms with E-state index in [1.54, 1.807) is 17.3 Å². The van der Waals surface area contributed by atoms with E-state index in [0.29, 0.717) is 55.9 Å². The molecule has 4 rings (SSSR count). The molecule has 1 aromatic heterocycles. The van der Waals surface area contributed by atoms with Gasteiger partial charge in [0.1, 0.15) is 12.6 Å². The fraction of sp³-hybridized carbons (Fsp3) is 0.675. The van der Waals surface area contributed by atoms with Crippen LogP contribution in [0, 0.1) is 17.8 Å². The molecule has 300 valence electrons. The van der Waals surface area contributed by atoms with E-state index < -0.39 is 42.0 Å². The Kier molecular flexibility index (Phi) is 17.2. The normalized spacial score (nSPS) is 18.0. The average molecular weight is 771 g/mol.